The maximum atomic E-state index is 15.5. The lowest BCUT2D eigenvalue weighted by Gasteiger charge is -2.08. The Bertz CT molecular complexity index is 2110. The highest BCUT2D eigenvalue weighted by Crippen LogP contribution is 2.42. The normalized spacial score (nSPS) is 11.5. The summed E-state index contributed by atoms with van der Waals surface area (Å²) >= 11 is 0. The number of benzene rings is 5. The van der Waals surface area contributed by atoms with Crippen LogP contribution in [0.5, 0.6) is 0 Å². The largest absolute Gasteiger partial charge is 0.454 e. The van der Waals surface area contributed by atoms with Crippen LogP contribution in [0.4, 0.5) is 8.78 Å². The number of halogens is 2. The van der Waals surface area contributed by atoms with Crippen LogP contribution in [0.15, 0.2) is 120 Å². The van der Waals surface area contributed by atoms with Crippen LogP contribution in [0, 0.1) is 25.5 Å². The molecule has 0 saturated carbocycles. The Morgan fingerprint density at radius 2 is 1.05 bits per heavy atom. The smallest absolute Gasteiger partial charge is 0.219 e. The van der Waals surface area contributed by atoms with E-state index in [0.29, 0.717) is 28.0 Å². The van der Waals surface area contributed by atoms with Crippen molar-refractivity contribution in [2.24, 2.45) is 7.05 Å². The summed E-state index contributed by atoms with van der Waals surface area (Å²) < 4.78 is 38.6. The molecular weight excluding hydrogens is 524 g/mol. The Balaban J connectivity index is 1.33. The van der Waals surface area contributed by atoms with Crippen LogP contribution >= 0.6 is 0 Å². The fraction of sp³-hybridized carbons (Fsp3) is 0.0789. The molecule has 0 fully saturated rings. The van der Waals surface area contributed by atoms with Gasteiger partial charge in [0.1, 0.15) is 29.8 Å². The van der Waals surface area contributed by atoms with Crippen molar-refractivity contribution in [3.63, 3.8) is 0 Å². The first-order chi connectivity index (χ1) is 20.4. The molecule has 0 aliphatic rings. The van der Waals surface area contributed by atoms with E-state index in [9.17, 15) is 4.39 Å². The Hall–Kier alpha value is -5.09. The number of hydrogen-bond acceptors (Lipinski definition) is 1. The van der Waals surface area contributed by atoms with Crippen molar-refractivity contribution in [1.29, 1.82) is 0 Å². The lowest BCUT2D eigenvalue weighted by molar-refractivity contribution is -0.661. The van der Waals surface area contributed by atoms with E-state index in [1.165, 1.54) is 17.7 Å². The van der Waals surface area contributed by atoms with Gasteiger partial charge in [0.15, 0.2) is 6.20 Å². The first-order valence-corrected chi connectivity index (χ1v) is 14.0. The number of furan rings is 1. The fourth-order valence-electron chi connectivity index (χ4n) is 5.89. The highest BCUT2D eigenvalue weighted by Gasteiger charge is 2.24. The van der Waals surface area contributed by atoms with E-state index in [-0.39, 0.29) is 11.6 Å². The molecule has 0 bridgehead atoms. The average molecular weight is 553 g/mol. The SMILES string of the molecule is Cc1c[n+](C)c(-c2c(C)ccc3c2oc2c(-c4ccc(-c5ccc(-c6ccccc6)cc5)cc4)c(F)ccc23)cc1F. The molecule has 0 N–H and O–H groups in total. The monoisotopic (exact) mass is 552 g/mol. The molecule has 204 valence electrons. The highest BCUT2D eigenvalue weighted by atomic mass is 19.1. The third-order valence-electron chi connectivity index (χ3n) is 8.13. The number of pyridine rings is 1. The third kappa shape index (κ3) is 4.27. The molecule has 0 saturated heterocycles. The van der Waals surface area contributed by atoms with Crippen LogP contribution in [0.3, 0.4) is 0 Å². The van der Waals surface area contributed by atoms with Gasteiger partial charge in [-0.25, -0.2) is 13.3 Å². The lowest BCUT2D eigenvalue weighted by atomic mass is 9.96. The van der Waals surface area contributed by atoms with Gasteiger partial charge < -0.3 is 4.42 Å². The molecule has 0 unspecified atom stereocenters. The molecule has 2 nitrogen and oxygen atoms in total. The van der Waals surface area contributed by atoms with E-state index >= 15 is 4.39 Å². The predicted octanol–water partition coefficient (Wildman–Crippen LogP) is 9.97. The summed E-state index contributed by atoms with van der Waals surface area (Å²) in [6.07, 6.45) is 1.77. The maximum absolute atomic E-state index is 15.5. The molecule has 5 aromatic carbocycles. The van der Waals surface area contributed by atoms with Crippen LogP contribution in [-0.2, 0) is 7.05 Å². The van der Waals surface area contributed by atoms with Crippen molar-refractivity contribution in [2.75, 3.05) is 0 Å². The van der Waals surface area contributed by atoms with Gasteiger partial charge in [-0.1, -0.05) is 91.0 Å². The molecule has 0 aliphatic heterocycles. The van der Waals surface area contributed by atoms with Crippen LogP contribution in [-0.4, -0.2) is 0 Å². The summed E-state index contributed by atoms with van der Waals surface area (Å²) in [5, 5.41) is 1.68. The van der Waals surface area contributed by atoms with Crippen LogP contribution in [0.2, 0.25) is 0 Å². The van der Waals surface area contributed by atoms with E-state index in [1.54, 1.807) is 19.2 Å². The molecule has 2 heterocycles. The number of nitrogens with zero attached hydrogens (tertiary/aromatic N) is 1. The molecule has 7 aromatic rings. The second kappa shape index (κ2) is 10.1. The third-order valence-corrected chi connectivity index (χ3v) is 8.13. The lowest BCUT2D eigenvalue weighted by Crippen LogP contribution is -2.31. The minimum atomic E-state index is -0.355. The molecule has 0 spiro atoms. The number of aromatic nitrogens is 1. The molecule has 7 rings (SSSR count). The number of fused-ring (bicyclic) bond motifs is 3. The summed E-state index contributed by atoms with van der Waals surface area (Å²) in [4.78, 5) is 0. The zero-order valence-electron chi connectivity index (χ0n) is 23.6. The predicted molar refractivity (Wildman–Crippen MR) is 166 cm³/mol. The summed E-state index contributed by atoms with van der Waals surface area (Å²) in [5.41, 5.74) is 9.71. The minimum Gasteiger partial charge on any atom is -0.454 e. The maximum Gasteiger partial charge on any atom is 0.219 e. The van der Waals surface area contributed by atoms with Gasteiger partial charge in [-0.05, 0) is 59.4 Å². The Kier molecular flexibility index (Phi) is 6.20. The van der Waals surface area contributed by atoms with Crippen LogP contribution in [0.25, 0.3) is 66.6 Å². The van der Waals surface area contributed by atoms with Crippen LogP contribution < -0.4 is 4.57 Å². The molecule has 2 aromatic heterocycles. The Morgan fingerprint density at radius 3 is 1.67 bits per heavy atom. The number of rotatable bonds is 4. The molecule has 4 heteroatoms. The zero-order chi connectivity index (χ0) is 29.0. The van der Waals surface area contributed by atoms with E-state index in [2.05, 4.69) is 36.4 Å². The van der Waals surface area contributed by atoms with Crippen LogP contribution in [0.1, 0.15) is 11.1 Å². The van der Waals surface area contributed by atoms with Gasteiger partial charge in [-0.15, -0.1) is 0 Å². The first-order valence-electron chi connectivity index (χ1n) is 14.0. The van der Waals surface area contributed by atoms with Crippen molar-refractivity contribution in [3.05, 3.63) is 138 Å². The fourth-order valence-corrected chi connectivity index (χ4v) is 5.89. The topological polar surface area (TPSA) is 17.0 Å². The van der Waals surface area contributed by atoms with Gasteiger partial charge in [0, 0.05) is 22.4 Å². The number of hydrogen-bond donors (Lipinski definition) is 0. The summed E-state index contributed by atoms with van der Waals surface area (Å²) in [6.45, 7) is 3.72. The van der Waals surface area contributed by atoms with Crippen molar-refractivity contribution >= 4 is 21.9 Å². The Morgan fingerprint density at radius 1 is 0.524 bits per heavy atom. The van der Waals surface area contributed by atoms with E-state index in [4.69, 9.17) is 4.42 Å². The van der Waals surface area contributed by atoms with E-state index in [0.717, 1.165) is 44.2 Å². The van der Waals surface area contributed by atoms with Gasteiger partial charge in [0.05, 0.1) is 11.1 Å². The second-order valence-electron chi connectivity index (χ2n) is 10.9. The van der Waals surface area contributed by atoms with Crippen molar-refractivity contribution in [1.82, 2.24) is 0 Å². The minimum absolute atomic E-state index is 0.280. The molecule has 0 amide bonds. The second-order valence-corrected chi connectivity index (χ2v) is 10.9. The summed E-state index contributed by atoms with van der Waals surface area (Å²) in [7, 11) is 1.89. The van der Waals surface area contributed by atoms with E-state index < -0.39 is 0 Å². The Labute approximate surface area is 243 Å². The molecule has 42 heavy (non-hydrogen) atoms. The van der Waals surface area contributed by atoms with Gasteiger partial charge in [-0.3, -0.25) is 0 Å². The van der Waals surface area contributed by atoms with Crippen molar-refractivity contribution < 1.29 is 17.8 Å². The van der Waals surface area contributed by atoms with Gasteiger partial charge in [-0.2, -0.15) is 0 Å². The average Bonchev–Trinajstić information content (AvgIpc) is 3.38. The molecular formula is C38H28F2NO+. The molecule has 0 radical (unpaired) electrons. The van der Waals surface area contributed by atoms with Crippen molar-refractivity contribution in [2.45, 2.75) is 13.8 Å². The summed E-state index contributed by atoms with van der Waals surface area (Å²) in [6, 6.07) is 35.4. The standard InChI is InChI=1S/C38H28F2NO/c1-23-9-18-30-31-19-20-32(39)36(38(31)42-37(30)35(23)34-21-33(40)24(2)22-41(34)3)29-16-14-28(15-17-29)27-12-10-26(11-13-27)25-7-5-4-6-8-25/h4-22H,1-3H3/q+1. The van der Waals surface area contributed by atoms with Crippen molar-refractivity contribution in [3.8, 4) is 44.6 Å². The summed E-state index contributed by atoms with van der Waals surface area (Å²) in [5.74, 6) is -0.635. The van der Waals surface area contributed by atoms with Gasteiger partial charge >= 0.3 is 0 Å². The highest BCUT2D eigenvalue weighted by molar-refractivity contribution is 6.13. The van der Waals surface area contributed by atoms with Gasteiger partial charge in [0.2, 0.25) is 5.69 Å². The first kappa shape index (κ1) is 25.8. The zero-order valence-corrected chi connectivity index (χ0v) is 23.6. The molecule has 0 aliphatic carbocycles. The van der Waals surface area contributed by atoms with E-state index in [1.807, 2.05) is 73.1 Å². The van der Waals surface area contributed by atoms with Gasteiger partial charge in [0.25, 0.3) is 0 Å². The number of aryl methyl sites for hydroxylation is 3. The molecule has 0 atom stereocenters. The quantitative estimate of drug-likeness (QED) is 0.199.